The molecule has 0 saturated heterocycles. The first-order chi connectivity index (χ1) is 8.69. The van der Waals surface area contributed by atoms with Crippen molar-refractivity contribution in [2.45, 2.75) is 32.2 Å². The maximum absolute atomic E-state index is 5.98. The zero-order valence-corrected chi connectivity index (χ0v) is 12.3. The van der Waals surface area contributed by atoms with Gasteiger partial charge in [0, 0.05) is 18.7 Å². The molecule has 18 heavy (non-hydrogen) atoms. The van der Waals surface area contributed by atoms with Crippen LogP contribution in [-0.4, -0.2) is 19.7 Å². The number of halogens is 1. The highest BCUT2D eigenvalue weighted by molar-refractivity contribution is 14.1. The third kappa shape index (κ3) is 2.09. The van der Waals surface area contributed by atoms with Gasteiger partial charge in [-0.25, -0.2) is 9.97 Å². The zero-order chi connectivity index (χ0) is 12.7. The molecule has 1 aliphatic carbocycles. The second-order valence-electron chi connectivity index (χ2n) is 4.49. The molecular formula is C12H14IN5. The van der Waals surface area contributed by atoms with Crippen molar-refractivity contribution >= 4 is 28.4 Å². The summed E-state index contributed by atoms with van der Waals surface area (Å²) in [5.41, 5.74) is 8.01. The predicted molar refractivity (Wildman–Crippen MR) is 78.0 cm³/mol. The molecule has 0 spiro atoms. The fourth-order valence-electron chi connectivity index (χ4n) is 1.89. The summed E-state index contributed by atoms with van der Waals surface area (Å²) in [5.74, 6) is 1.84. The first-order valence-corrected chi connectivity index (χ1v) is 7.12. The Morgan fingerprint density at radius 1 is 1.44 bits per heavy atom. The lowest BCUT2D eigenvalue weighted by Crippen LogP contribution is -2.04. The third-order valence-electron chi connectivity index (χ3n) is 3.08. The monoisotopic (exact) mass is 355 g/mol. The molecular weight excluding hydrogens is 341 g/mol. The number of nitrogens with zero attached hydrogens (tertiary/aromatic N) is 4. The Morgan fingerprint density at radius 3 is 2.83 bits per heavy atom. The second-order valence-corrected chi connectivity index (χ2v) is 5.57. The van der Waals surface area contributed by atoms with Crippen LogP contribution in [0.1, 0.15) is 31.4 Å². The molecule has 2 N–H and O–H groups in total. The van der Waals surface area contributed by atoms with Gasteiger partial charge in [-0.1, -0.05) is 0 Å². The molecule has 0 bridgehead atoms. The predicted octanol–water partition coefficient (Wildman–Crippen LogP) is 2.42. The minimum Gasteiger partial charge on any atom is -0.383 e. The van der Waals surface area contributed by atoms with E-state index in [2.05, 4.69) is 44.6 Å². The van der Waals surface area contributed by atoms with Gasteiger partial charge in [-0.05, 0) is 42.4 Å². The summed E-state index contributed by atoms with van der Waals surface area (Å²) < 4.78 is 2.87. The van der Waals surface area contributed by atoms with E-state index in [1.54, 1.807) is 6.20 Å². The largest absolute Gasteiger partial charge is 0.383 e. The summed E-state index contributed by atoms with van der Waals surface area (Å²) in [7, 11) is 0. The van der Waals surface area contributed by atoms with Crippen LogP contribution in [0.15, 0.2) is 12.4 Å². The van der Waals surface area contributed by atoms with Crippen molar-refractivity contribution in [1.29, 1.82) is 0 Å². The molecule has 2 aromatic rings. The second kappa shape index (κ2) is 4.49. The molecule has 0 amide bonds. The van der Waals surface area contributed by atoms with Gasteiger partial charge in [0.15, 0.2) is 5.82 Å². The highest BCUT2D eigenvalue weighted by atomic mass is 127. The van der Waals surface area contributed by atoms with Gasteiger partial charge in [-0.2, -0.15) is 5.10 Å². The lowest BCUT2D eigenvalue weighted by molar-refractivity contribution is 0.660. The van der Waals surface area contributed by atoms with Crippen LogP contribution in [0.5, 0.6) is 0 Å². The van der Waals surface area contributed by atoms with Gasteiger partial charge >= 0.3 is 0 Å². The first-order valence-electron chi connectivity index (χ1n) is 6.04. The minimum absolute atomic E-state index is 0.571. The SMILES string of the molecule is CCn1cc(-c2nc(N)c(I)c(C3CC3)n2)cn1. The number of aryl methyl sites for hydroxylation is 1. The molecule has 1 fully saturated rings. The van der Waals surface area contributed by atoms with E-state index in [4.69, 9.17) is 5.73 Å². The third-order valence-corrected chi connectivity index (χ3v) is 4.19. The van der Waals surface area contributed by atoms with Crippen molar-refractivity contribution in [1.82, 2.24) is 19.7 Å². The molecule has 6 heteroatoms. The molecule has 94 valence electrons. The van der Waals surface area contributed by atoms with Crippen molar-refractivity contribution in [2.24, 2.45) is 0 Å². The van der Waals surface area contributed by atoms with E-state index in [-0.39, 0.29) is 0 Å². The summed E-state index contributed by atoms with van der Waals surface area (Å²) in [4.78, 5) is 9.03. The van der Waals surface area contributed by atoms with E-state index in [0.717, 1.165) is 21.4 Å². The smallest absolute Gasteiger partial charge is 0.165 e. The van der Waals surface area contributed by atoms with Crippen LogP contribution in [0, 0.1) is 3.57 Å². The molecule has 0 radical (unpaired) electrons. The van der Waals surface area contributed by atoms with Gasteiger partial charge in [0.05, 0.1) is 21.0 Å². The fourth-order valence-corrected chi connectivity index (χ4v) is 2.57. The van der Waals surface area contributed by atoms with Gasteiger partial charge in [0.2, 0.25) is 0 Å². The number of hydrogen-bond acceptors (Lipinski definition) is 4. The van der Waals surface area contributed by atoms with Crippen LogP contribution < -0.4 is 5.73 Å². The Kier molecular flexibility index (Phi) is 2.96. The van der Waals surface area contributed by atoms with Crippen molar-refractivity contribution in [2.75, 3.05) is 5.73 Å². The quantitative estimate of drug-likeness (QED) is 0.859. The molecule has 0 atom stereocenters. The van der Waals surface area contributed by atoms with Crippen LogP contribution in [-0.2, 0) is 6.54 Å². The number of nitrogens with two attached hydrogens (primary N) is 1. The van der Waals surface area contributed by atoms with E-state index >= 15 is 0 Å². The fraction of sp³-hybridized carbons (Fsp3) is 0.417. The molecule has 5 nitrogen and oxygen atoms in total. The first kappa shape index (κ1) is 11.9. The number of anilines is 1. The Bertz CT molecular complexity index is 588. The van der Waals surface area contributed by atoms with Crippen LogP contribution in [0.4, 0.5) is 5.82 Å². The minimum atomic E-state index is 0.571. The number of rotatable bonds is 3. The van der Waals surface area contributed by atoms with Crippen molar-refractivity contribution in [3.8, 4) is 11.4 Å². The van der Waals surface area contributed by atoms with Crippen molar-refractivity contribution in [3.63, 3.8) is 0 Å². The van der Waals surface area contributed by atoms with Gasteiger partial charge in [-0.15, -0.1) is 0 Å². The molecule has 1 saturated carbocycles. The molecule has 0 unspecified atom stereocenters. The van der Waals surface area contributed by atoms with Gasteiger partial charge in [-0.3, -0.25) is 4.68 Å². The summed E-state index contributed by atoms with van der Waals surface area (Å²) in [5, 5.41) is 4.25. The van der Waals surface area contributed by atoms with Gasteiger partial charge in [0.25, 0.3) is 0 Å². The Labute approximate surface area is 119 Å². The Hall–Kier alpha value is -1.18. The number of hydrogen-bond donors (Lipinski definition) is 1. The van der Waals surface area contributed by atoms with E-state index in [1.165, 1.54) is 12.8 Å². The molecule has 0 aliphatic heterocycles. The van der Waals surface area contributed by atoms with Crippen LogP contribution in [0.2, 0.25) is 0 Å². The van der Waals surface area contributed by atoms with Gasteiger partial charge < -0.3 is 5.73 Å². The Balaban J connectivity index is 2.06. The average Bonchev–Trinajstić information content (AvgIpc) is 3.09. The highest BCUT2D eigenvalue weighted by Gasteiger charge is 2.29. The summed E-state index contributed by atoms with van der Waals surface area (Å²) >= 11 is 2.24. The maximum atomic E-state index is 5.98. The standard InChI is InChI=1S/C12H14IN5/c1-2-18-6-8(5-15-18)12-16-10(7-3-4-7)9(13)11(14)17-12/h5-7H,2-4H2,1H3,(H2,14,16,17). The van der Waals surface area contributed by atoms with E-state index < -0.39 is 0 Å². The zero-order valence-electron chi connectivity index (χ0n) is 10.1. The van der Waals surface area contributed by atoms with Crippen molar-refractivity contribution in [3.05, 3.63) is 21.7 Å². The highest BCUT2D eigenvalue weighted by Crippen LogP contribution is 2.42. The molecule has 2 heterocycles. The maximum Gasteiger partial charge on any atom is 0.165 e. The lowest BCUT2D eigenvalue weighted by atomic mass is 10.2. The summed E-state index contributed by atoms with van der Waals surface area (Å²) in [6.07, 6.45) is 6.17. The molecule has 1 aliphatic rings. The van der Waals surface area contributed by atoms with Crippen LogP contribution in [0.25, 0.3) is 11.4 Å². The molecule has 2 aromatic heterocycles. The van der Waals surface area contributed by atoms with E-state index in [0.29, 0.717) is 17.6 Å². The molecule has 0 aromatic carbocycles. The average molecular weight is 355 g/mol. The lowest BCUT2D eigenvalue weighted by Gasteiger charge is -2.06. The summed E-state index contributed by atoms with van der Waals surface area (Å²) in [6.45, 7) is 2.89. The molecule has 3 rings (SSSR count). The summed E-state index contributed by atoms with van der Waals surface area (Å²) in [6, 6.07) is 0. The normalized spacial score (nSPS) is 15.0. The van der Waals surface area contributed by atoms with Crippen LogP contribution in [0.3, 0.4) is 0 Å². The topological polar surface area (TPSA) is 69.6 Å². The van der Waals surface area contributed by atoms with E-state index in [1.807, 2.05) is 10.9 Å². The number of nitrogen functional groups attached to an aromatic ring is 1. The Morgan fingerprint density at radius 2 is 2.22 bits per heavy atom. The van der Waals surface area contributed by atoms with Crippen LogP contribution >= 0.6 is 22.6 Å². The van der Waals surface area contributed by atoms with Crippen molar-refractivity contribution < 1.29 is 0 Å². The van der Waals surface area contributed by atoms with Gasteiger partial charge in [0.1, 0.15) is 5.82 Å². The number of aromatic nitrogens is 4. The van der Waals surface area contributed by atoms with E-state index in [9.17, 15) is 0 Å².